The molecule has 0 aliphatic carbocycles. The van der Waals surface area contributed by atoms with Crippen molar-refractivity contribution in [2.24, 2.45) is 0 Å². The van der Waals surface area contributed by atoms with Gasteiger partial charge in [0.1, 0.15) is 12.7 Å². The standard InChI is InChI=1S/C13H20N4O4/c1-9-5-16(8-13(3,4)21-9)12(18)7-15-6-11(17(19)20)14-10(15)2/h6,9H,5,7-8H2,1-4H3. The lowest BCUT2D eigenvalue weighted by atomic mass is 10.1. The van der Waals surface area contributed by atoms with Crippen LogP contribution in [0.2, 0.25) is 0 Å². The van der Waals surface area contributed by atoms with Gasteiger partial charge in [0.25, 0.3) is 0 Å². The minimum atomic E-state index is -0.562. The fourth-order valence-corrected chi connectivity index (χ4v) is 2.63. The maximum absolute atomic E-state index is 12.4. The number of carbonyl (C=O) groups is 1. The number of hydrogen-bond donors (Lipinski definition) is 0. The molecule has 1 aliphatic rings. The van der Waals surface area contributed by atoms with Crippen molar-refractivity contribution in [2.45, 2.75) is 45.9 Å². The van der Waals surface area contributed by atoms with Gasteiger partial charge in [-0.3, -0.25) is 9.36 Å². The third kappa shape index (κ3) is 3.57. The lowest BCUT2D eigenvalue weighted by molar-refractivity contribution is -0.389. The smallest absolute Gasteiger partial charge is 0.369 e. The van der Waals surface area contributed by atoms with E-state index in [-0.39, 0.29) is 30.0 Å². The van der Waals surface area contributed by atoms with Crippen molar-refractivity contribution in [1.29, 1.82) is 0 Å². The average molecular weight is 296 g/mol. The fourth-order valence-electron chi connectivity index (χ4n) is 2.63. The molecule has 1 aromatic heterocycles. The number of aromatic nitrogens is 2. The number of ether oxygens (including phenoxy) is 1. The highest BCUT2D eigenvalue weighted by molar-refractivity contribution is 5.76. The number of nitro groups is 1. The van der Waals surface area contributed by atoms with E-state index in [1.807, 2.05) is 20.8 Å². The van der Waals surface area contributed by atoms with Crippen molar-refractivity contribution in [3.63, 3.8) is 0 Å². The largest absolute Gasteiger partial charge is 0.381 e. The molecule has 0 saturated carbocycles. The normalized spacial score (nSPS) is 21.3. The molecule has 21 heavy (non-hydrogen) atoms. The summed E-state index contributed by atoms with van der Waals surface area (Å²) in [4.78, 5) is 28.1. The average Bonchev–Trinajstić information content (AvgIpc) is 2.68. The topological polar surface area (TPSA) is 90.5 Å². The predicted octanol–water partition coefficient (Wildman–Crippen LogP) is 1.13. The minimum absolute atomic E-state index is 0.0316. The van der Waals surface area contributed by atoms with E-state index < -0.39 is 4.92 Å². The van der Waals surface area contributed by atoms with Gasteiger partial charge in [-0.2, -0.15) is 0 Å². The van der Waals surface area contributed by atoms with Crippen LogP contribution in [0.15, 0.2) is 6.20 Å². The quantitative estimate of drug-likeness (QED) is 0.616. The van der Waals surface area contributed by atoms with Gasteiger partial charge in [-0.1, -0.05) is 0 Å². The Balaban J connectivity index is 2.09. The van der Waals surface area contributed by atoms with Gasteiger partial charge in [0.15, 0.2) is 0 Å². The summed E-state index contributed by atoms with van der Waals surface area (Å²) in [5.74, 6) is 0.125. The molecule has 116 valence electrons. The number of carbonyl (C=O) groups excluding carboxylic acids is 1. The van der Waals surface area contributed by atoms with E-state index in [1.54, 1.807) is 11.8 Å². The van der Waals surface area contributed by atoms with E-state index in [0.717, 1.165) is 0 Å². The van der Waals surface area contributed by atoms with Gasteiger partial charge in [0.2, 0.25) is 11.7 Å². The number of aryl methyl sites for hydroxylation is 1. The highest BCUT2D eigenvalue weighted by atomic mass is 16.6. The Morgan fingerprint density at radius 1 is 1.62 bits per heavy atom. The summed E-state index contributed by atoms with van der Waals surface area (Å²) in [6, 6.07) is 0. The first-order chi connectivity index (χ1) is 9.68. The SMILES string of the molecule is Cc1nc([N+](=O)[O-])cn1CC(=O)N1CC(C)OC(C)(C)C1. The minimum Gasteiger partial charge on any atom is -0.369 e. The molecule has 1 atom stereocenters. The van der Waals surface area contributed by atoms with Gasteiger partial charge in [0, 0.05) is 20.0 Å². The molecular formula is C13H20N4O4. The summed E-state index contributed by atoms with van der Waals surface area (Å²) >= 11 is 0. The highest BCUT2D eigenvalue weighted by Crippen LogP contribution is 2.21. The van der Waals surface area contributed by atoms with Crippen LogP contribution in [0.25, 0.3) is 0 Å². The van der Waals surface area contributed by atoms with Gasteiger partial charge in [-0.05, 0) is 30.7 Å². The third-order valence-electron chi connectivity index (χ3n) is 3.38. The second-order valence-electron chi connectivity index (χ2n) is 5.99. The first kappa shape index (κ1) is 15.4. The zero-order chi connectivity index (χ0) is 15.8. The molecule has 0 N–H and O–H groups in total. The second-order valence-corrected chi connectivity index (χ2v) is 5.99. The Bertz CT molecular complexity index is 567. The molecule has 8 heteroatoms. The monoisotopic (exact) mass is 296 g/mol. The molecular weight excluding hydrogens is 276 g/mol. The van der Waals surface area contributed by atoms with Crippen molar-refractivity contribution in [3.8, 4) is 0 Å². The lowest BCUT2D eigenvalue weighted by Gasteiger charge is -2.41. The van der Waals surface area contributed by atoms with Crippen molar-refractivity contribution in [2.75, 3.05) is 13.1 Å². The first-order valence-electron chi connectivity index (χ1n) is 6.82. The molecule has 1 amide bonds. The number of rotatable bonds is 3. The van der Waals surface area contributed by atoms with Crippen LogP contribution in [0.4, 0.5) is 5.82 Å². The van der Waals surface area contributed by atoms with Crippen LogP contribution < -0.4 is 0 Å². The van der Waals surface area contributed by atoms with Crippen molar-refractivity contribution >= 4 is 11.7 Å². The third-order valence-corrected chi connectivity index (χ3v) is 3.38. The van der Waals surface area contributed by atoms with E-state index >= 15 is 0 Å². The Labute approximate surface area is 122 Å². The van der Waals surface area contributed by atoms with Crippen LogP contribution in [0.1, 0.15) is 26.6 Å². The summed E-state index contributed by atoms with van der Waals surface area (Å²) in [6.45, 7) is 8.53. The summed E-state index contributed by atoms with van der Waals surface area (Å²) < 4.78 is 7.27. The predicted molar refractivity (Wildman–Crippen MR) is 74.8 cm³/mol. The van der Waals surface area contributed by atoms with E-state index in [4.69, 9.17) is 4.74 Å². The Kier molecular flexibility index (Phi) is 3.99. The molecule has 0 spiro atoms. The summed E-state index contributed by atoms with van der Waals surface area (Å²) in [6.07, 6.45) is 1.26. The molecule has 2 heterocycles. The van der Waals surface area contributed by atoms with Gasteiger partial charge < -0.3 is 19.8 Å². The maximum Gasteiger partial charge on any atom is 0.381 e. The van der Waals surface area contributed by atoms with Crippen LogP contribution in [0.5, 0.6) is 0 Å². The lowest BCUT2D eigenvalue weighted by Crippen LogP contribution is -2.54. The van der Waals surface area contributed by atoms with Crippen LogP contribution in [-0.4, -0.2) is 50.1 Å². The number of morpholine rings is 1. The Morgan fingerprint density at radius 3 is 2.81 bits per heavy atom. The van der Waals surface area contributed by atoms with Crippen molar-refractivity contribution in [3.05, 3.63) is 22.1 Å². The van der Waals surface area contributed by atoms with E-state index in [0.29, 0.717) is 18.9 Å². The first-order valence-corrected chi connectivity index (χ1v) is 6.82. The zero-order valence-corrected chi connectivity index (χ0v) is 12.7. The maximum atomic E-state index is 12.4. The van der Waals surface area contributed by atoms with Gasteiger partial charge >= 0.3 is 5.82 Å². The molecule has 0 aromatic carbocycles. The van der Waals surface area contributed by atoms with Crippen LogP contribution >= 0.6 is 0 Å². The Morgan fingerprint density at radius 2 is 2.29 bits per heavy atom. The molecule has 0 bridgehead atoms. The van der Waals surface area contributed by atoms with Crippen LogP contribution in [0, 0.1) is 17.0 Å². The molecule has 0 radical (unpaired) electrons. The number of amides is 1. The number of hydrogen-bond acceptors (Lipinski definition) is 5. The van der Waals surface area contributed by atoms with Crippen LogP contribution in [0.3, 0.4) is 0 Å². The van der Waals surface area contributed by atoms with E-state index in [1.165, 1.54) is 10.8 Å². The van der Waals surface area contributed by atoms with E-state index in [2.05, 4.69) is 4.98 Å². The molecule has 1 aliphatic heterocycles. The van der Waals surface area contributed by atoms with Crippen LogP contribution in [-0.2, 0) is 16.1 Å². The second kappa shape index (κ2) is 5.44. The fraction of sp³-hybridized carbons (Fsp3) is 0.692. The number of nitrogens with zero attached hydrogens (tertiary/aromatic N) is 4. The van der Waals surface area contributed by atoms with Gasteiger partial charge in [-0.15, -0.1) is 0 Å². The summed E-state index contributed by atoms with van der Waals surface area (Å²) in [5, 5.41) is 10.7. The van der Waals surface area contributed by atoms with Crippen molar-refractivity contribution in [1.82, 2.24) is 14.5 Å². The molecule has 2 rings (SSSR count). The van der Waals surface area contributed by atoms with Crippen molar-refractivity contribution < 1.29 is 14.5 Å². The highest BCUT2D eigenvalue weighted by Gasteiger charge is 2.34. The van der Waals surface area contributed by atoms with E-state index in [9.17, 15) is 14.9 Å². The summed E-state index contributed by atoms with van der Waals surface area (Å²) in [7, 11) is 0. The Hall–Kier alpha value is -1.96. The molecule has 1 saturated heterocycles. The van der Waals surface area contributed by atoms with Gasteiger partial charge in [0.05, 0.1) is 11.7 Å². The molecule has 1 unspecified atom stereocenters. The molecule has 8 nitrogen and oxygen atoms in total. The van der Waals surface area contributed by atoms with Gasteiger partial charge in [-0.25, -0.2) is 0 Å². The molecule has 1 fully saturated rings. The molecule has 1 aromatic rings. The number of imidazole rings is 1. The summed E-state index contributed by atoms with van der Waals surface area (Å²) in [5.41, 5.74) is -0.386. The zero-order valence-electron chi connectivity index (χ0n) is 12.7.